The van der Waals surface area contributed by atoms with Gasteiger partial charge in [0.2, 0.25) is 0 Å². The van der Waals surface area contributed by atoms with Gasteiger partial charge >= 0.3 is 5.97 Å². The molecule has 0 fully saturated rings. The zero-order chi connectivity index (χ0) is 19.8. The van der Waals surface area contributed by atoms with E-state index >= 15 is 0 Å². The number of halogens is 1. The molecule has 2 rings (SSSR count). The number of nitrogens with one attached hydrogen (secondary N) is 1. The highest BCUT2D eigenvalue weighted by atomic mass is 35.5. The number of amides is 1. The molecule has 0 saturated carbocycles. The Hall–Kier alpha value is -2.79. The second-order valence-corrected chi connectivity index (χ2v) is 6.34. The summed E-state index contributed by atoms with van der Waals surface area (Å²) in [4.78, 5) is 23.8. The van der Waals surface area contributed by atoms with E-state index in [2.05, 4.69) is 5.32 Å². The molecule has 1 N–H and O–H groups in total. The van der Waals surface area contributed by atoms with Crippen LogP contribution in [-0.2, 0) is 14.3 Å². The molecule has 6 heteroatoms. The minimum atomic E-state index is -0.606. The zero-order valence-corrected chi connectivity index (χ0v) is 16.3. The van der Waals surface area contributed by atoms with Gasteiger partial charge in [-0.1, -0.05) is 29.8 Å². The Labute approximate surface area is 163 Å². The summed E-state index contributed by atoms with van der Waals surface area (Å²) >= 11 is 6.15. The first kappa shape index (κ1) is 20.5. The second kappa shape index (κ2) is 9.78. The lowest BCUT2D eigenvalue weighted by atomic mass is 10.1. The number of carbonyl (C=O) groups is 2. The van der Waals surface area contributed by atoms with Gasteiger partial charge in [-0.25, -0.2) is 4.79 Å². The molecule has 0 atom stereocenters. The molecule has 0 aromatic heterocycles. The summed E-state index contributed by atoms with van der Waals surface area (Å²) in [6.45, 7) is 5.88. The Bertz CT molecular complexity index is 821. The first-order chi connectivity index (χ1) is 12.9. The van der Waals surface area contributed by atoms with Gasteiger partial charge < -0.3 is 14.8 Å². The first-order valence-corrected chi connectivity index (χ1v) is 8.91. The summed E-state index contributed by atoms with van der Waals surface area (Å²) in [6, 6.07) is 10.9. The van der Waals surface area contributed by atoms with Crippen molar-refractivity contribution in [2.45, 2.75) is 20.8 Å². The number of ether oxygens (including phenoxy) is 2. The van der Waals surface area contributed by atoms with Crippen LogP contribution >= 0.6 is 11.6 Å². The third-order valence-electron chi connectivity index (χ3n) is 3.64. The summed E-state index contributed by atoms with van der Waals surface area (Å²) in [5.41, 5.74) is 3.19. The molecule has 27 heavy (non-hydrogen) atoms. The summed E-state index contributed by atoms with van der Waals surface area (Å²) in [5, 5.41) is 3.11. The molecular weight excluding hydrogens is 366 g/mol. The van der Waals surface area contributed by atoms with Crippen molar-refractivity contribution in [2.75, 3.05) is 18.5 Å². The minimum Gasteiger partial charge on any atom is -0.494 e. The standard InChI is InChI=1S/C21H22ClNO4/c1-4-26-17-8-5-16(6-9-17)7-10-20(25)27-13-19(24)23-21-15(3)11-14(2)12-18(21)22/h5-12H,4,13H2,1-3H3,(H,23,24)/b10-7+. The van der Waals surface area contributed by atoms with E-state index in [9.17, 15) is 9.59 Å². The number of carbonyl (C=O) groups excluding carboxylic acids is 2. The number of aryl methyl sites for hydroxylation is 2. The van der Waals surface area contributed by atoms with E-state index in [0.717, 1.165) is 22.4 Å². The molecule has 0 spiro atoms. The molecule has 5 nitrogen and oxygen atoms in total. The van der Waals surface area contributed by atoms with Crippen molar-refractivity contribution in [1.82, 2.24) is 0 Å². The predicted molar refractivity (Wildman–Crippen MR) is 107 cm³/mol. The van der Waals surface area contributed by atoms with Crippen molar-refractivity contribution in [3.05, 3.63) is 64.2 Å². The largest absolute Gasteiger partial charge is 0.494 e. The van der Waals surface area contributed by atoms with Gasteiger partial charge in [-0.2, -0.15) is 0 Å². The predicted octanol–water partition coefficient (Wildman–Crippen LogP) is 4.55. The van der Waals surface area contributed by atoms with Gasteiger partial charge in [0.25, 0.3) is 5.91 Å². The minimum absolute atomic E-state index is 0.393. The fourth-order valence-electron chi connectivity index (χ4n) is 2.44. The number of esters is 1. The number of rotatable bonds is 7. The van der Waals surface area contributed by atoms with Gasteiger partial charge in [-0.15, -0.1) is 0 Å². The zero-order valence-electron chi connectivity index (χ0n) is 15.5. The summed E-state index contributed by atoms with van der Waals surface area (Å²) in [7, 11) is 0. The van der Waals surface area contributed by atoms with Gasteiger partial charge in [-0.3, -0.25) is 4.79 Å². The van der Waals surface area contributed by atoms with Crippen LogP contribution in [0.4, 0.5) is 5.69 Å². The van der Waals surface area contributed by atoms with Crippen LogP contribution in [-0.4, -0.2) is 25.1 Å². The highest BCUT2D eigenvalue weighted by Crippen LogP contribution is 2.27. The first-order valence-electron chi connectivity index (χ1n) is 8.53. The van der Waals surface area contributed by atoms with E-state index in [1.807, 2.05) is 51.1 Å². The van der Waals surface area contributed by atoms with Crippen LogP contribution in [0, 0.1) is 13.8 Å². The highest BCUT2D eigenvalue weighted by Gasteiger charge is 2.11. The van der Waals surface area contributed by atoms with E-state index in [0.29, 0.717) is 17.3 Å². The van der Waals surface area contributed by atoms with Gasteiger partial charge in [-0.05, 0) is 61.7 Å². The van der Waals surface area contributed by atoms with Crippen LogP contribution in [0.5, 0.6) is 5.75 Å². The topological polar surface area (TPSA) is 64.6 Å². The number of anilines is 1. The molecule has 2 aromatic rings. The molecule has 0 radical (unpaired) electrons. The molecule has 142 valence electrons. The van der Waals surface area contributed by atoms with E-state index in [4.69, 9.17) is 21.1 Å². The van der Waals surface area contributed by atoms with Crippen molar-refractivity contribution in [2.24, 2.45) is 0 Å². The van der Waals surface area contributed by atoms with Crippen molar-refractivity contribution in [1.29, 1.82) is 0 Å². The molecule has 2 aromatic carbocycles. The molecule has 0 aliphatic heterocycles. The Morgan fingerprint density at radius 1 is 1.15 bits per heavy atom. The lowest BCUT2D eigenvalue weighted by Crippen LogP contribution is -2.20. The number of hydrogen-bond donors (Lipinski definition) is 1. The average molecular weight is 388 g/mol. The Kier molecular flexibility index (Phi) is 7.44. The van der Waals surface area contributed by atoms with E-state index < -0.39 is 18.5 Å². The number of hydrogen-bond acceptors (Lipinski definition) is 4. The second-order valence-electron chi connectivity index (χ2n) is 5.93. The van der Waals surface area contributed by atoms with E-state index in [1.165, 1.54) is 6.08 Å². The third kappa shape index (κ3) is 6.46. The molecule has 1 amide bonds. The molecule has 0 aliphatic rings. The normalized spacial score (nSPS) is 10.7. The molecule has 0 heterocycles. The van der Waals surface area contributed by atoms with E-state index in [-0.39, 0.29) is 0 Å². The van der Waals surface area contributed by atoms with Crippen LogP contribution in [0.25, 0.3) is 6.08 Å². The third-order valence-corrected chi connectivity index (χ3v) is 3.94. The van der Waals surface area contributed by atoms with Gasteiger partial charge in [0, 0.05) is 6.08 Å². The van der Waals surface area contributed by atoms with Crippen LogP contribution < -0.4 is 10.1 Å². The summed E-state index contributed by atoms with van der Waals surface area (Å²) < 4.78 is 10.3. The van der Waals surface area contributed by atoms with Gasteiger partial charge in [0.1, 0.15) is 5.75 Å². The van der Waals surface area contributed by atoms with Crippen molar-refractivity contribution >= 4 is 35.2 Å². The van der Waals surface area contributed by atoms with Crippen molar-refractivity contribution in [3.8, 4) is 5.75 Å². The SMILES string of the molecule is CCOc1ccc(/C=C/C(=O)OCC(=O)Nc2c(C)cc(C)cc2Cl)cc1. The average Bonchev–Trinajstić information content (AvgIpc) is 2.62. The number of benzene rings is 2. The van der Waals surface area contributed by atoms with Gasteiger partial charge in [0.05, 0.1) is 17.3 Å². The maximum absolute atomic E-state index is 12.0. The quantitative estimate of drug-likeness (QED) is 0.559. The lowest BCUT2D eigenvalue weighted by Gasteiger charge is -2.11. The molecule has 0 unspecified atom stereocenters. The molecular formula is C21H22ClNO4. The monoisotopic (exact) mass is 387 g/mol. The Balaban J connectivity index is 1.85. The molecule has 0 saturated heterocycles. The highest BCUT2D eigenvalue weighted by molar-refractivity contribution is 6.34. The molecule has 0 aliphatic carbocycles. The molecule has 0 bridgehead atoms. The van der Waals surface area contributed by atoms with Crippen molar-refractivity contribution in [3.63, 3.8) is 0 Å². The van der Waals surface area contributed by atoms with Gasteiger partial charge in [0.15, 0.2) is 6.61 Å². The lowest BCUT2D eigenvalue weighted by molar-refractivity contribution is -0.142. The van der Waals surface area contributed by atoms with Crippen LogP contribution in [0.15, 0.2) is 42.5 Å². The maximum Gasteiger partial charge on any atom is 0.331 e. The smallest absolute Gasteiger partial charge is 0.331 e. The fraction of sp³-hybridized carbons (Fsp3) is 0.238. The Morgan fingerprint density at radius 3 is 2.48 bits per heavy atom. The van der Waals surface area contributed by atoms with E-state index in [1.54, 1.807) is 12.1 Å². The van der Waals surface area contributed by atoms with Crippen LogP contribution in [0.2, 0.25) is 5.02 Å². The fourth-order valence-corrected chi connectivity index (χ4v) is 2.81. The summed E-state index contributed by atoms with van der Waals surface area (Å²) in [6.07, 6.45) is 2.88. The van der Waals surface area contributed by atoms with Crippen molar-refractivity contribution < 1.29 is 19.1 Å². The Morgan fingerprint density at radius 2 is 1.85 bits per heavy atom. The van der Waals surface area contributed by atoms with Crippen LogP contribution in [0.1, 0.15) is 23.6 Å². The maximum atomic E-state index is 12.0. The van der Waals surface area contributed by atoms with Crippen LogP contribution in [0.3, 0.4) is 0 Å². The summed E-state index contributed by atoms with van der Waals surface area (Å²) in [5.74, 6) is -0.295.